The molecule has 10 nitrogen and oxygen atoms in total. The number of halogens is 3. The molecule has 40 heavy (non-hydrogen) atoms. The third-order valence-corrected chi connectivity index (χ3v) is 6.57. The molecule has 1 aromatic heterocycles. The molecule has 1 amide bonds. The highest BCUT2D eigenvalue weighted by molar-refractivity contribution is 6.05. The number of nitrogens with two attached hydrogens (primary N) is 1. The van der Waals surface area contributed by atoms with Crippen molar-refractivity contribution in [3.05, 3.63) is 77.4 Å². The topological polar surface area (TPSA) is 131 Å². The first-order valence-corrected chi connectivity index (χ1v) is 12.7. The maximum atomic E-state index is 13.6. The van der Waals surface area contributed by atoms with E-state index in [4.69, 9.17) is 10.5 Å². The SMILES string of the molecule is Cc1ccc(NC(=O)c2cc(OC3CCNCC3)cc(C(F)(F)F)c2)cc1Nc1nccn1C1C=C(N)NC=N1. The summed E-state index contributed by atoms with van der Waals surface area (Å²) in [5, 5.41) is 11.9. The van der Waals surface area contributed by atoms with Gasteiger partial charge >= 0.3 is 6.18 Å². The number of hydrogen-bond acceptors (Lipinski definition) is 8. The second-order valence-electron chi connectivity index (χ2n) is 9.54. The van der Waals surface area contributed by atoms with Gasteiger partial charge in [-0.3, -0.25) is 9.36 Å². The number of rotatable bonds is 7. The lowest BCUT2D eigenvalue weighted by Gasteiger charge is -2.24. The fraction of sp³-hybridized carbons (Fsp3) is 0.296. The van der Waals surface area contributed by atoms with Crippen LogP contribution >= 0.6 is 0 Å². The van der Waals surface area contributed by atoms with E-state index < -0.39 is 23.8 Å². The van der Waals surface area contributed by atoms with Crippen molar-refractivity contribution in [3.8, 4) is 5.75 Å². The first kappa shape index (κ1) is 27.1. The van der Waals surface area contributed by atoms with E-state index in [1.807, 2.05) is 6.92 Å². The Morgan fingerprint density at radius 2 is 1.98 bits per heavy atom. The molecule has 1 atom stereocenters. The van der Waals surface area contributed by atoms with Gasteiger partial charge in [0, 0.05) is 35.4 Å². The van der Waals surface area contributed by atoms with Gasteiger partial charge in [0.15, 0.2) is 6.17 Å². The number of alkyl halides is 3. The second-order valence-corrected chi connectivity index (χ2v) is 9.54. The molecule has 0 bridgehead atoms. The van der Waals surface area contributed by atoms with Crippen LogP contribution in [0.1, 0.15) is 40.5 Å². The number of aliphatic imine (C=N–C) groups is 1. The van der Waals surface area contributed by atoms with Gasteiger partial charge in [0.25, 0.3) is 5.91 Å². The van der Waals surface area contributed by atoms with E-state index >= 15 is 0 Å². The van der Waals surface area contributed by atoms with E-state index in [0.29, 0.717) is 36.0 Å². The van der Waals surface area contributed by atoms with E-state index in [2.05, 4.69) is 31.2 Å². The zero-order valence-corrected chi connectivity index (χ0v) is 21.6. The summed E-state index contributed by atoms with van der Waals surface area (Å²) >= 11 is 0. The number of hydrogen-bond donors (Lipinski definition) is 5. The lowest BCUT2D eigenvalue weighted by molar-refractivity contribution is -0.137. The lowest BCUT2D eigenvalue weighted by Crippen LogP contribution is -2.34. The predicted octanol–water partition coefficient (Wildman–Crippen LogP) is 4.27. The Kier molecular flexibility index (Phi) is 7.65. The van der Waals surface area contributed by atoms with E-state index in [-0.39, 0.29) is 17.4 Å². The number of benzene rings is 2. The van der Waals surface area contributed by atoms with Crippen molar-refractivity contribution in [1.29, 1.82) is 0 Å². The zero-order valence-electron chi connectivity index (χ0n) is 21.6. The van der Waals surface area contributed by atoms with Gasteiger partial charge < -0.3 is 31.7 Å². The number of imidazole rings is 1. The lowest BCUT2D eigenvalue weighted by atomic mass is 10.1. The summed E-state index contributed by atoms with van der Waals surface area (Å²) in [6.07, 6.45) is 2.67. The molecule has 6 N–H and O–H groups in total. The number of carbonyl (C=O) groups is 1. The van der Waals surface area contributed by atoms with Crippen LogP contribution < -0.4 is 31.7 Å². The minimum absolute atomic E-state index is 0.0141. The van der Waals surface area contributed by atoms with Crippen LogP contribution in [0.2, 0.25) is 0 Å². The van der Waals surface area contributed by atoms with Gasteiger partial charge in [-0.05, 0) is 68.8 Å². The fourth-order valence-electron chi connectivity index (χ4n) is 4.44. The third kappa shape index (κ3) is 6.37. The minimum Gasteiger partial charge on any atom is -0.490 e. The predicted molar refractivity (Wildman–Crippen MR) is 146 cm³/mol. The maximum absolute atomic E-state index is 13.6. The van der Waals surface area contributed by atoms with Crippen molar-refractivity contribution in [3.63, 3.8) is 0 Å². The largest absolute Gasteiger partial charge is 0.490 e. The van der Waals surface area contributed by atoms with Crippen molar-refractivity contribution in [2.45, 2.75) is 38.2 Å². The van der Waals surface area contributed by atoms with Crippen LogP contribution in [0.25, 0.3) is 0 Å². The van der Waals surface area contributed by atoms with Crippen LogP contribution in [-0.2, 0) is 6.18 Å². The molecule has 3 aromatic rings. The Labute approximate surface area is 228 Å². The molecule has 0 saturated carbocycles. The molecule has 0 aliphatic carbocycles. The van der Waals surface area contributed by atoms with Gasteiger partial charge in [0.1, 0.15) is 17.7 Å². The normalized spacial score (nSPS) is 17.6. The van der Waals surface area contributed by atoms with Crippen molar-refractivity contribution in [2.75, 3.05) is 23.7 Å². The monoisotopic (exact) mass is 554 g/mol. The average Bonchev–Trinajstić information content (AvgIpc) is 3.39. The molecular formula is C27H29F3N8O2. The smallest absolute Gasteiger partial charge is 0.416 e. The standard InChI is InChI=1S/C27H29F3N8O2/c1-16-2-3-19(13-22(16)37-26-33-8-9-38(26)24-14-23(31)34-15-35-24)36-25(39)17-10-18(27(28,29)30)12-21(11-17)40-20-4-6-32-7-5-20/h2-3,8-15,20,24,32H,4-7,31H2,1H3,(H,33,37)(H,34,35)(H,36,39). The van der Waals surface area contributed by atoms with E-state index in [1.54, 1.807) is 41.2 Å². The number of ether oxygens (including phenoxy) is 1. The second kappa shape index (κ2) is 11.3. The molecule has 2 aliphatic rings. The molecule has 0 spiro atoms. The molecule has 13 heteroatoms. The Bertz CT molecular complexity index is 1440. The number of aryl methyl sites for hydroxylation is 1. The number of carbonyl (C=O) groups excluding carboxylic acids is 1. The number of nitrogens with one attached hydrogen (secondary N) is 4. The number of amides is 1. The summed E-state index contributed by atoms with van der Waals surface area (Å²) in [6, 6.07) is 8.24. The molecule has 1 saturated heterocycles. The quantitative estimate of drug-likeness (QED) is 0.295. The molecule has 1 unspecified atom stereocenters. The number of piperidine rings is 1. The van der Waals surface area contributed by atoms with Crippen molar-refractivity contribution in [1.82, 2.24) is 20.2 Å². The Morgan fingerprint density at radius 3 is 2.73 bits per heavy atom. The van der Waals surface area contributed by atoms with E-state index in [0.717, 1.165) is 30.8 Å². The van der Waals surface area contributed by atoms with Gasteiger partial charge in [-0.1, -0.05) is 6.07 Å². The minimum atomic E-state index is -4.64. The molecule has 210 valence electrons. The number of anilines is 3. The highest BCUT2D eigenvalue weighted by atomic mass is 19.4. The number of nitrogens with zero attached hydrogens (tertiary/aromatic N) is 3. The van der Waals surface area contributed by atoms with Crippen LogP contribution in [0.5, 0.6) is 5.75 Å². The van der Waals surface area contributed by atoms with Crippen molar-refractivity contribution >= 4 is 29.6 Å². The van der Waals surface area contributed by atoms with Crippen LogP contribution in [0.3, 0.4) is 0 Å². The Balaban J connectivity index is 1.36. The van der Waals surface area contributed by atoms with Gasteiger partial charge in [-0.2, -0.15) is 13.2 Å². The van der Waals surface area contributed by atoms with Gasteiger partial charge in [-0.25, -0.2) is 9.98 Å². The first-order chi connectivity index (χ1) is 19.2. The van der Waals surface area contributed by atoms with E-state index in [9.17, 15) is 18.0 Å². The van der Waals surface area contributed by atoms with Gasteiger partial charge in [0.2, 0.25) is 5.95 Å². The van der Waals surface area contributed by atoms with Crippen LogP contribution in [0.15, 0.2) is 65.7 Å². The Morgan fingerprint density at radius 1 is 1.18 bits per heavy atom. The molecule has 1 fully saturated rings. The first-order valence-electron chi connectivity index (χ1n) is 12.7. The zero-order chi connectivity index (χ0) is 28.3. The summed E-state index contributed by atoms with van der Waals surface area (Å²) in [5.74, 6) is 0.263. The van der Waals surface area contributed by atoms with Crippen LogP contribution in [0.4, 0.5) is 30.5 Å². The highest BCUT2D eigenvalue weighted by Gasteiger charge is 2.32. The van der Waals surface area contributed by atoms with Gasteiger partial charge in [-0.15, -0.1) is 0 Å². The van der Waals surface area contributed by atoms with Crippen LogP contribution in [-0.4, -0.2) is 41.0 Å². The summed E-state index contributed by atoms with van der Waals surface area (Å²) in [6.45, 7) is 3.31. The van der Waals surface area contributed by atoms with Crippen LogP contribution in [0, 0.1) is 6.92 Å². The summed E-state index contributed by atoms with van der Waals surface area (Å²) in [7, 11) is 0. The Hall–Kier alpha value is -4.52. The highest BCUT2D eigenvalue weighted by Crippen LogP contribution is 2.34. The van der Waals surface area contributed by atoms with Crippen molar-refractivity contribution < 1.29 is 22.7 Å². The van der Waals surface area contributed by atoms with Crippen molar-refractivity contribution in [2.24, 2.45) is 10.7 Å². The summed E-state index contributed by atoms with van der Waals surface area (Å²) < 4.78 is 48.5. The fourth-order valence-corrected chi connectivity index (χ4v) is 4.44. The van der Waals surface area contributed by atoms with E-state index in [1.165, 1.54) is 12.4 Å². The third-order valence-electron chi connectivity index (χ3n) is 6.57. The summed E-state index contributed by atoms with van der Waals surface area (Å²) in [5.41, 5.74) is 6.63. The average molecular weight is 555 g/mol. The molecule has 2 aliphatic heterocycles. The molecule has 0 radical (unpaired) electrons. The molecule has 5 rings (SSSR count). The molecule has 2 aromatic carbocycles. The molecule has 3 heterocycles. The maximum Gasteiger partial charge on any atom is 0.416 e. The summed E-state index contributed by atoms with van der Waals surface area (Å²) in [4.78, 5) is 21.8. The number of aromatic nitrogens is 2. The van der Waals surface area contributed by atoms with Gasteiger partial charge in [0.05, 0.1) is 11.9 Å². The molecular weight excluding hydrogens is 525 g/mol.